The third-order valence-corrected chi connectivity index (χ3v) is 5.68. The molecule has 1 unspecified atom stereocenters. The first kappa shape index (κ1) is 22.4. The summed E-state index contributed by atoms with van der Waals surface area (Å²) in [5, 5.41) is 6.51. The Labute approximate surface area is 169 Å². The molecule has 1 aromatic rings. The van der Waals surface area contributed by atoms with Crippen LogP contribution < -0.4 is 15.5 Å². The summed E-state index contributed by atoms with van der Waals surface area (Å²) in [7, 11) is -0.815. The van der Waals surface area contributed by atoms with Gasteiger partial charge in [0.2, 0.25) is 0 Å². The second-order valence-corrected chi connectivity index (χ2v) is 9.73. The van der Waals surface area contributed by atoms with E-state index in [1.165, 1.54) is 6.26 Å². The van der Waals surface area contributed by atoms with Crippen molar-refractivity contribution in [3.8, 4) is 0 Å². The average molecular weight is 411 g/mol. The largest absolute Gasteiger partial charge is 0.357 e. The predicted molar refractivity (Wildman–Crippen MR) is 116 cm³/mol. The zero-order chi connectivity index (χ0) is 20.6. The SMILES string of the molecule is CCNC(=NCc1ccnc(N2CCN(C)CC2)c1)NC(C)CCS(C)(=O)=O. The minimum atomic E-state index is -2.96. The van der Waals surface area contributed by atoms with E-state index in [0.717, 1.165) is 44.1 Å². The number of nitrogens with zero attached hydrogens (tertiary/aromatic N) is 4. The van der Waals surface area contributed by atoms with E-state index in [1.807, 2.05) is 26.1 Å². The smallest absolute Gasteiger partial charge is 0.191 e. The van der Waals surface area contributed by atoms with Crippen LogP contribution in [0.5, 0.6) is 0 Å². The second-order valence-electron chi connectivity index (χ2n) is 7.47. The fourth-order valence-electron chi connectivity index (χ4n) is 2.95. The van der Waals surface area contributed by atoms with Gasteiger partial charge in [-0.15, -0.1) is 0 Å². The minimum Gasteiger partial charge on any atom is -0.357 e. The molecular formula is C19H34N6O2S. The van der Waals surface area contributed by atoms with Gasteiger partial charge in [0.05, 0.1) is 12.3 Å². The highest BCUT2D eigenvalue weighted by molar-refractivity contribution is 7.90. The van der Waals surface area contributed by atoms with Crippen molar-refractivity contribution in [1.29, 1.82) is 0 Å². The molecule has 1 aromatic heterocycles. The van der Waals surface area contributed by atoms with E-state index in [1.54, 1.807) is 0 Å². The number of sulfone groups is 1. The van der Waals surface area contributed by atoms with Gasteiger partial charge in [-0.3, -0.25) is 0 Å². The molecule has 1 fully saturated rings. The minimum absolute atomic E-state index is 0.0193. The highest BCUT2D eigenvalue weighted by Crippen LogP contribution is 2.15. The van der Waals surface area contributed by atoms with Crippen molar-refractivity contribution in [2.45, 2.75) is 32.9 Å². The standard InChI is InChI=1S/C19H34N6O2S/c1-5-20-19(23-16(2)7-13-28(4,26)27)22-15-17-6-8-21-18(14-17)25-11-9-24(3)10-12-25/h6,8,14,16H,5,7,9-13,15H2,1-4H3,(H2,20,22,23). The predicted octanol–water partition coefficient (Wildman–Crippen LogP) is 0.712. The van der Waals surface area contributed by atoms with E-state index < -0.39 is 9.84 Å². The average Bonchev–Trinajstić information content (AvgIpc) is 2.65. The van der Waals surface area contributed by atoms with Gasteiger partial charge in [-0.2, -0.15) is 0 Å². The topological polar surface area (TPSA) is 89.9 Å². The van der Waals surface area contributed by atoms with Crippen LogP contribution in [0.3, 0.4) is 0 Å². The van der Waals surface area contributed by atoms with Crippen molar-refractivity contribution in [3.63, 3.8) is 0 Å². The Morgan fingerprint density at radius 1 is 1.32 bits per heavy atom. The fourth-order valence-corrected chi connectivity index (χ4v) is 3.74. The maximum absolute atomic E-state index is 11.4. The number of aliphatic imine (C=N–C) groups is 1. The number of guanidine groups is 1. The van der Waals surface area contributed by atoms with Gasteiger partial charge in [-0.05, 0) is 45.0 Å². The van der Waals surface area contributed by atoms with Crippen molar-refractivity contribution in [3.05, 3.63) is 23.9 Å². The van der Waals surface area contributed by atoms with E-state index in [9.17, 15) is 8.42 Å². The first-order valence-electron chi connectivity index (χ1n) is 9.88. The molecule has 1 aliphatic rings. The summed E-state index contributed by atoms with van der Waals surface area (Å²) in [5.41, 5.74) is 1.10. The number of nitrogens with one attached hydrogen (secondary N) is 2. The van der Waals surface area contributed by atoms with E-state index in [2.05, 4.69) is 43.5 Å². The van der Waals surface area contributed by atoms with Crippen LogP contribution in [-0.2, 0) is 16.4 Å². The van der Waals surface area contributed by atoms with Gasteiger partial charge in [0.15, 0.2) is 5.96 Å². The van der Waals surface area contributed by atoms with Crippen LogP contribution in [0.1, 0.15) is 25.8 Å². The zero-order valence-corrected chi connectivity index (χ0v) is 18.3. The van der Waals surface area contributed by atoms with Crippen LogP contribution in [0, 0.1) is 0 Å². The maximum atomic E-state index is 11.4. The van der Waals surface area contributed by atoms with Gasteiger partial charge in [-0.1, -0.05) is 0 Å². The summed E-state index contributed by atoms with van der Waals surface area (Å²) in [4.78, 5) is 13.8. The summed E-state index contributed by atoms with van der Waals surface area (Å²) in [6.45, 7) is 9.32. The van der Waals surface area contributed by atoms with Crippen LogP contribution in [0.25, 0.3) is 0 Å². The second kappa shape index (κ2) is 10.6. The van der Waals surface area contributed by atoms with E-state index in [0.29, 0.717) is 18.9 Å². The molecule has 2 rings (SSSR count). The van der Waals surface area contributed by atoms with Crippen LogP contribution in [-0.4, -0.2) is 82.1 Å². The number of hydrogen-bond acceptors (Lipinski definition) is 6. The van der Waals surface area contributed by atoms with Crippen LogP contribution in [0.15, 0.2) is 23.3 Å². The summed E-state index contributed by atoms with van der Waals surface area (Å²) < 4.78 is 22.7. The van der Waals surface area contributed by atoms with Gasteiger partial charge < -0.3 is 20.4 Å². The van der Waals surface area contributed by atoms with Crippen molar-refractivity contribution >= 4 is 21.6 Å². The molecule has 1 saturated heterocycles. The first-order chi connectivity index (χ1) is 13.3. The molecule has 0 aromatic carbocycles. The van der Waals surface area contributed by atoms with Crippen molar-refractivity contribution in [2.75, 3.05) is 56.7 Å². The number of likely N-dealkylation sites (N-methyl/N-ethyl adjacent to an activating group) is 1. The molecule has 2 heterocycles. The Morgan fingerprint density at radius 2 is 2.04 bits per heavy atom. The Morgan fingerprint density at radius 3 is 2.68 bits per heavy atom. The molecule has 8 nitrogen and oxygen atoms in total. The van der Waals surface area contributed by atoms with Crippen LogP contribution in [0.2, 0.25) is 0 Å². The van der Waals surface area contributed by atoms with E-state index in [-0.39, 0.29) is 11.8 Å². The number of rotatable bonds is 8. The fraction of sp³-hybridized carbons (Fsp3) is 0.684. The monoisotopic (exact) mass is 410 g/mol. The van der Waals surface area contributed by atoms with Gasteiger partial charge in [0, 0.05) is 51.2 Å². The molecule has 0 saturated carbocycles. The lowest BCUT2D eigenvalue weighted by atomic mass is 10.2. The van der Waals surface area contributed by atoms with Crippen LogP contribution in [0.4, 0.5) is 5.82 Å². The molecule has 0 spiro atoms. The third kappa shape index (κ3) is 8.02. The lowest BCUT2D eigenvalue weighted by Crippen LogP contribution is -2.44. The molecule has 0 amide bonds. The van der Waals surface area contributed by atoms with Gasteiger partial charge >= 0.3 is 0 Å². The molecule has 0 aliphatic carbocycles. The van der Waals surface area contributed by atoms with Crippen LogP contribution >= 0.6 is 0 Å². The number of pyridine rings is 1. The van der Waals surface area contributed by atoms with Crippen molar-refractivity contribution < 1.29 is 8.42 Å². The quantitative estimate of drug-likeness (QED) is 0.482. The number of hydrogen-bond donors (Lipinski definition) is 2. The highest BCUT2D eigenvalue weighted by Gasteiger charge is 2.15. The Kier molecular flexibility index (Phi) is 8.50. The van der Waals surface area contributed by atoms with E-state index >= 15 is 0 Å². The summed E-state index contributed by atoms with van der Waals surface area (Å²) in [5.74, 6) is 1.86. The van der Waals surface area contributed by atoms with Crippen molar-refractivity contribution in [1.82, 2.24) is 20.5 Å². The summed E-state index contributed by atoms with van der Waals surface area (Å²) in [6.07, 6.45) is 3.65. The summed E-state index contributed by atoms with van der Waals surface area (Å²) in [6, 6.07) is 4.11. The lowest BCUT2D eigenvalue weighted by molar-refractivity contribution is 0.312. The number of piperazine rings is 1. The normalized spacial score (nSPS) is 17.4. The molecule has 9 heteroatoms. The number of aromatic nitrogens is 1. The maximum Gasteiger partial charge on any atom is 0.191 e. The Hall–Kier alpha value is -1.87. The first-order valence-corrected chi connectivity index (χ1v) is 11.9. The van der Waals surface area contributed by atoms with E-state index in [4.69, 9.17) is 0 Å². The molecule has 28 heavy (non-hydrogen) atoms. The molecule has 0 bridgehead atoms. The Bertz CT molecular complexity index is 745. The molecule has 0 radical (unpaired) electrons. The van der Waals surface area contributed by atoms with Gasteiger partial charge in [0.25, 0.3) is 0 Å². The molecular weight excluding hydrogens is 376 g/mol. The zero-order valence-electron chi connectivity index (χ0n) is 17.5. The highest BCUT2D eigenvalue weighted by atomic mass is 32.2. The lowest BCUT2D eigenvalue weighted by Gasteiger charge is -2.33. The molecule has 1 atom stereocenters. The van der Waals surface area contributed by atoms with Gasteiger partial charge in [-0.25, -0.2) is 18.4 Å². The number of anilines is 1. The molecule has 158 valence electrons. The Balaban J connectivity index is 1.97. The molecule has 1 aliphatic heterocycles. The summed E-state index contributed by atoms with van der Waals surface area (Å²) >= 11 is 0. The third-order valence-electron chi connectivity index (χ3n) is 4.71. The van der Waals surface area contributed by atoms with Gasteiger partial charge in [0.1, 0.15) is 15.7 Å². The van der Waals surface area contributed by atoms with Crippen molar-refractivity contribution in [2.24, 2.45) is 4.99 Å². The molecule has 2 N–H and O–H groups in total.